The molecular weight excluding hydrogens is 440 g/mol. The normalized spacial score (nSPS) is 16.6. The predicted molar refractivity (Wildman–Crippen MR) is 130 cm³/mol. The van der Waals surface area contributed by atoms with E-state index >= 15 is 0 Å². The van der Waals surface area contributed by atoms with Crippen molar-refractivity contribution in [2.75, 3.05) is 33.0 Å². The Balaban J connectivity index is 5.99. The van der Waals surface area contributed by atoms with E-state index in [0.717, 1.165) is 25.7 Å². The molecule has 0 aliphatic heterocycles. The summed E-state index contributed by atoms with van der Waals surface area (Å²) in [4.78, 5) is 39.2. The summed E-state index contributed by atoms with van der Waals surface area (Å²) in [5.41, 5.74) is -3.16. The smallest absolute Gasteiger partial charge is 0.311 e. The lowest BCUT2D eigenvalue weighted by Crippen LogP contribution is -2.45. The summed E-state index contributed by atoms with van der Waals surface area (Å²) in [5, 5.41) is 18.1. The van der Waals surface area contributed by atoms with Crippen molar-refractivity contribution in [3.8, 4) is 0 Å². The number of carbonyl (C=O) groups is 3. The molecule has 34 heavy (non-hydrogen) atoms. The predicted octanol–water partition coefficient (Wildman–Crippen LogP) is 4.19. The Morgan fingerprint density at radius 1 is 0.618 bits per heavy atom. The summed E-state index contributed by atoms with van der Waals surface area (Å²) >= 11 is 0. The van der Waals surface area contributed by atoms with E-state index in [1.807, 2.05) is 13.8 Å². The third-order valence-electron chi connectivity index (χ3n) is 6.50. The molecule has 0 aliphatic carbocycles. The molecule has 0 rings (SSSR count). The molecule has 8 nitrogen and oxygen atoms in total. The summed E-state index contributed by atoms with van der Waals surface area (Å²) in [6.45, 7) is 10.6. The summed E-state index contributed by atoms with van der Waals surface area (Å²) in [6.07, 6.45) is 5.69. The van der Waals surface area contributed by atoms with Gasteiger partial charge >= 0.3 is 17.9 Å². The van der Waals surface area contributed by atoms with E-state index in [-0.39, 0.29) is 45.9 Å². The van der Waals surface area contributed by atoms with Crippen LogP contribution >= 0.6 is 0 Å². The van der Waals surface area contributed by atoms with Gasteiger partial charge in [-0.3, -0.25) is 14.4 Å². The first-order valence-electron chi connectivity index (χ1n) is 12.7. The van der Waals surface area contributed by atoms with Crippen LogP contribution < -0.4 is 0 Å². The van der Waals surface area contributed by atoms with E-state index in [2.05, 4.69) is 6.92 Å². The van der Waals surface area contributed by atoms with Gasteiger partial charge in [0.05, 0.1) is 36.1 Å². The number of unbranched alkanes of at least 4 members (excludes halogenated alkanes) is 3. The van der Waals surface area contributed by atoms with Gasteiger partial charge in [0.2, 0.25) is 0 Å². The fourth-order valence-corrected chi connectivity index (χ4v) is 4.58. The third kappa shape index (κ3) is 10.3. The topological polar surface area (TPSA) is 119 Å². The van der Waals surface area contributed by atoms with E-state index in [1.165, 1.54) is 0 Å². The number of hydrogen-bond donors (Lipinski definition) is 2. The molecule has 0 heterocycles. The summed E-state index contributed by atoms with van der Waals surface area (Å²) in [6, 6.07) is 0. The zero-order valence-electron chi connectivity index (χ0n) is 22.2. The first kappa shape index (κ1) is 32.3. The molecule has 0 aromatic heterocycles. The van der Waals surface area contributed by atoms with Gasteiger partial charge in [-0.15, -0.1) is 0 Å². The van der Waals surface area contributed by atoms with Gasteiger partial charge in [0.1, 0.15) is 13.2 Å². The van der Waals surface area contributed by atoms with Gasteiger partial charge in [0.25, 0.3) is 0 Å². The highest BCUT2D eigenvalue weighted by Crippen LogP contribution is 2.47. The molecule has 3 atom stereocenters. The monoisotopic (exact) mass is 488 g/mol. The Bertz CT molecular complexity index is 622. The first-order chi connectivity index (χ1) is 16.0. The quantitative estimate of drug-likeness (QED) is 0.158. The van der Waals surface area contributed by atoms with E-state index in [1.54, 1.807) is 20.8 Å². The van der Waals surface area contributed by atoms with Crippen LogP contribution in [0.3, 0.4) is 0 Å². The minimum Gasteiger partial charge on any atom is -0.465 e. The summed E-state index contributed by atoms with van der Waals surface area (Å²) in [7, 11) is 0. The van der Waals surface area contributed by atoms with Crippen molar-refractivity contribution in [3.05, 3.63) is 0 Å². The summed E-state index contributed by atoms with van der Waals surface area (Å²) in [5.74, 6) is -1.42. The number of ether oxygens (including phenoxy) is 3. The highest BCUT2D eigenvalue weighted by Gasteiger charge is 2.51. The third-order valence-corrected chi connectivity index (χ3v) is 6.50. The van der Waals surface area contributed by atoms with Crippen molar-refractivity contribution in [2.24, 2.45) is 16.2 Å². The minimum absolute atomic E-state index is 0.114. The molecule has 0 spiro atoms. The van der Waals surface area contributed by atoms with Crippen molar-refractivity contribution in [3.63, 3.8) is 0 Å². The zero-order valence-corrected chi connectivity index (χ0v) is 22.2. The van der Waals surface area contributed by atoms with Crippen molar-refractivity contribution in [1.29, 1.82) is 0 Å². The molecule has 3 unspecified atom stereocenters. The second kappa shape index (κ2) is 16.1. The van der Waals surface area contributed by atoms with Gasteiger partial charge in [-0.05, 0) is 52.9 Å². The average molecular weight is 489 g/mol. The lowest BCUT2D eigenvalue weighted by molar-refractivity contribution is -0.170. The van der Waals surface area contributed by atoms with Gasteiger partial charge in [-0.2, -0.15) is 0 Å². The number of esters is 3. The Morgan fingerprint density at radius 3 is 1.56 bits per heavy atom. The highest BCUT2D eigenvalue weighted by molar-refractivity contribution is 5.82. The zero-order chi connectivity index (χ0) is 26.3. The Kier molecular flexibility index (Phi) is 15.3. The van der Waals surface area contributed by atoms with Crippen molar-refractivity contribution < 1.29 is 38.8 Å². The van der Waals surface area contributed by atoms with E-state index < -0.39 is 34.2 Å². The van der Waals surface area contributed by atoms with Crippen LogP contribution in [0.25, 0.3) is 0 Å². The molecule has 0 amide bonds. The molecule has 2 N–H and O–H groups in total. The van der Waals surface area contributed by atoms with Crippen LogP contribution in [0.2, 0.25) is 0 Å². The van der Waals surface area contributed by atoms with Crippen molar-refractivity contribution in [2.45, 2.75) is 99.3 Å². The number of rotatable bonds is 19. The lowest BCUT2D eigenvalue weighted by Gasteiger charge is -2.40. The first-order valence-corrected chi connectivity index (χ1v) is 12.7. The van der Waals surface area contributed by atoms with Crippen molar-refractivity contribution in [1.82, 2.24) is 0 Å². The van der Waals surface area contributed by atoms with Crippen molar-refractivity contribution >= 4 is 17.9 Å². The molecule has 0 radical (unpaired) electrons. The maximum absolute atomic E-state index is 13.4. The standard InChI is InChI=1S/C26H48O8/c1-7-10-11-12-16-32-23(31)26(6,19-24(4,9-3)21(29)33-17-14-27)20-25(5,13-8-2)22(30)34-18-15-28/h27-28H,7-20H2,1-6H3. The minimum atomic E-state index is -1.16. The fourth-order valence-electron chi connectivity index (χ4n) is 4.58. The molecule has 0 aromatic carbocycles. The molecule has 0 fully saturated rings. The molecule has 0 saturated heterocycles. The number of carbonyl (C=O) groups excluding carboxylic acids is 3. The average Bonchev–Trinajstić information content (AvgIpc) is 2.80. The highest BCUT2D eigenvalue weighted by atomic mass is 16.5. The molecule has 0 aliphatic rings. The fraction of sp³-hybridized carbons (Fsp3) is 0.885. The van der Waals surface area contributed by atoms with Gasteiger partial charge in [-0.1, -0.05) is 46.5 Å². The number of hydrogen-bond acceptors (Lipinski definition) is 8. The number of aliphatic hydroxyl groups is 2. The van der Waals surface area contributed by atoms with Crippen LogP contribution in [0.4, 0.5) is 0 Å². The second-order valence-electron chi connectivity index (χ2n) is 10.1. The SMILES string of the molecule is CCCCCCOC(=O)C(C)(CC(C)(CC)C(=O)OCCO)CC(C)(CCC)C(=O)OCCO. The largest absolute Gasteiger partial charge is 0.465 e. The lowest BCUT2D eigenvalue weighted by atomic mass is 9.63. The van der Waals surface area contributed by atoms with Crippen LogP contribution in [0, 0.1) is 16.2 Å². The van der Waals surface area contributed by atoms with E-state index in [9.17, 15) is 14.4 Å². The Labute approximate surface area is 205 Å². The van der Waals surface area contributed by atoms with E-state index in [4.69, 9.17) is 24.4 Å². The van der Waals surface area contributed by atoms with Gasteiger partial charge in [0, 0.05) is 0 Å². The molecule has 200 valence electrons. The van der Waals surface area contributed by atoms with Gasteiger partial charge in [-0.25, -0.2) is 0 Å². The van der Waals surface area contributed by atoms with E-state index in [0.29, 0.717) is 19.3 Å². The Hall–Kier alpha value is -1.67. The van der Waals surface area contributed by atoms with Crippen LogP contribution in [0.15, 0.2) is 0 Å². The Morgan fingerprint density at radius 2 is 1.09 bits per heavy atom. The van der Waals surface area contributed by atoms with Gasteiger partial charge in [0.15, 0.2) is 0 Å². The van der Waals surface area contributed by atoms with Crippen LogP contribution in [0.5, 0.6) is 0 Å². The molecule has 0 bridgehead atoms. The molecule has 0 aromatic rings. The second-order valence-corrected chi connectivity index (χ2v) is 10.1. The molecule has 0 saturated carbocycles. The van der Waals surface area contributed by atoms with Crippen LogP contribution in [0.1, 0.15) is 99.3 Å². The maximum atomic E-state index is 13.4. The molecular formula is C26H48O8. The van der Waals surface area contributed by atoms with Crippen LogP contribution in [-0.2, 0) is 28.6 Å². The van der Waals surface area contributed by atoms with Gasteiger partial charge < -0.3 is 24.4 Å². The number of aliphatic hydroxyl groups excluding tert-OH is 2. The maximum Gasteiger partial charge on any atom is 0.311 e. The summed E-state index contributed by atoms with van der Waals surface area (Å²) < 4.78 is 16.1. The van der Waals surface area contributed by atoms with Crippen LogP contribution in [-0.4, -0.2) is 61.2 Å². The molecule has 8 heteroatoms.